The fourth-order valence-corrected chi connectivity index (χ4v) is 4.00. The van der Waals surface area contributed by atoms with E-state index in [4.69, 9.17) is 25.9 Å². The van der Waals surface area contributed by atoms with E-state index in [9.17, 15) is 0 Å². The fraction of sp³-hybridized carbons (Fsp3) is 0.150. The first kappa shape index (κ1) is 16.0. The Labute approximate surface area is 164 Å². The fourth-order valence-electron chi connectivity index (χ4n) is 3.50. The molecule has 0 unspecified atom stereocenters. The highest BCUT2D eigenvalue weighted by Gasteiger charge is 2.41. The summed E-state index contributed by atoms with van der Waals surface area (Å²) in [7, 11) is 0. The predicted molar refractivity (Wildman–Crippen MR) is 103 cm³/mol. The molecule has 0 aliphatic carbocycles. The molecule has 0 radical (unpaired) electrons. The molecule has 6 heteroatoms. The molecule has 0 bridgehead atoms. The van der Waals surface area contributed by atoms with Crippen LogP contribution in [0.5, 0.6) is 5.75 Å². The highest BCUT2D eigenvalue weighted by atomic mass is 79.9. The van der Waals surface area contributed by atoms with Crippen LogP contribution in [0.3, 0.4) is 0 Å². The van der Waals surface area contributed by atoms with Crippen molar-refractivity contribution in [2.75, 3.05) is 0 Å². The van der Waals surface area contributed by atoms with Crippen molar-refractivity contribution in [1.29, 1.82) is 0 Å². The molecule has 0 saturated heterocycles. The molecule has 0 saturated carbocycles. The van der Waals surface area contributed by atoms with Crippen molar-refractivity contribution in [3.05, 3.63) is 87.2 Å². The van der Waals surface area contributed by atoms with Crippen LogP contribution in [-0.4, -0.2) is 10.7 Å². The van der Waals surface area contributed by atoms with Gasteiger partial charge < -0.3 is 9.15 Å². The van der Waals surface area contributed by atoms with Crippen molar-refractivity contribution in [3.63, 3.8) is 0 Å². The Morgan fingerprint density at radius 2 is 1.96 bits per heavy atom. The van der Waals surface area contributed by atoms with Gasteiger partial charge in [-0.3, -0.25) is 0 Å². The first-order valence-electron chi connectivity index (χ1n) is 8.30. The molecule has 0 N–H and O–H groups in total. The third-order valence-electron chi connectivity index (χ3n) is 4.71. The number of nitrogens with zero attached hydrogens (tertiary/aromatic N) is 2. The summed E-state index contributed by atoms with van der Waals surface area (Å²) in [5.74, 6) is 1.68. The number of hydrazone groups is 1. The minimum Gasteiger partial charge on any atom is -0.464 e. The normalized spacial score (nSPS) is 21.0. The van der Waals surface area contributed by atoms with E-state index in [1.807, 2.05) is 53.5 Å². The van der Waals surface area contributed by atoms with E-state index in [0.717, 1.165) is 39.2 Å². The van der Waals surface area contributed by atoms with Gasteiger partial charge in [0.15, 0.2) is 0 Å². The molecule has 2 atom stereocenters. The molecule has 1 aromatic heterocycles. The number of hydrogen-bond donors (Lipinski definition) is 0. The molecule has 0 spiro atoms. The zero-order valence-electron chi connectivity index (χ0n) is 13.6. The van der Waals surface area contributed by atoms with Crippen LogP contribution in [0.25, 0.3) is 0 Å². The van der Waals surface area contributed by atoms with Crippen LogP contribution >= 0.6 is 27.5 Å². The van der Waals surface area contributed by atoms with Gasteiger partial charge in [0.1, 0.15) is 17.2 Å². The number of rotatable bonds is 2. The number of hydrogen-bond acceptors (Lipinski definition) is 4. The van der Waals surface area contributed by atoms with Crippen molar-refractivity contribution in [2.45, 2.75) is 18.7 Å². The second-order valence-electron chi connectivity index (χ2n) is 6.33. The van der Waals surface area contributed by atoms with Gasteiger partial charge in [0, 0.05) is 27.0 Å². The van der Waals surface area contributed by atoms with Gasteiger partial charge in [-0.2, -0.15) is 5.10 Å². The maximum Gasteiger partial charge on any atom is 0.213 e. The molecule has 2 aliphatic heterocycles. The van der Waals surface area contributed by atoms with Crippen molar-refractivity contribution < 1.29 is 9.15 Å². The summed E-state index contributed by atoms with van der Waals surface area (Å²) in [6.07, 6.45) is 2.13. The van der Waals surface area contributed by atoms with Crippen LogP contribution in [0.15, 0.2) is 74.9 Å². The third-order valence-corrected chi connectivity index (χ3v) is 5.46. The van der Waals surface area contributed by atoms with Crippen LogP contribution in [0.4, 0.5) is 0 Å². The molecule has 26 heavy (non-hydrogen) atoms. The lowest BCUT2D eigenvalue weighted by Gasteiger charge is -2.38. The number of halogens is 2. The molecule has 3 heterocycles. The number of benzene rings is 2. The Kier molecular flexibility index (Phi) is 3.80. The summed E-state index contributed by atoms with van der Waals surface area (Å²) in [4.78, 5) is 0. The van der Waals surface area contributed by atoms with Gasteiger partial charge in [-0.15, -0.1) is 0 Å². The zero-order valence-corrected chi connectivity index (χ0v) is 15.9. The molecule has 2 aliphatic rings. The van der Waals surface area contributed by atoms with Crippen LogP contribution in [0, 0.1) is 0 Å². The van der Waals surface area contributed by atoms with E-state index >= 15 is 0 Å². The Hall–Kier alpha value is -2.24. The average Bonchev–Trinajstić information content (AvgIpc) is 3.32. The maximum absolute atomic E-state index is 6.32. The van der Waals surface area contributed by atoms with Crippen molar-refractivity contribution >= 4 is 33.2 Å². The molecule has 2 aromatic carbocycles. The average molecular weight is 430 g/mol. The van der Waals surface area contributed by atoms with Gasteiger partial charge in [0.2, 0.25) is 6.23 Å². The van der Waals surface area contributed by atoms with Gasteiger partial charge >= 0.3 is 0 Å². The van der Waals surface area contributed by atoms with Crippen molar-refractivity contribution in [1.82, 2.24) is 5.01 Å². The largest absolute Gasteiger partial charge is 0.464 e. The lowest BCUT2D eigenvalue weighted by molar-refractivity contribution is -0.0190. The van der Waals surface area contributed by atoms with Crippen LogP contribution < -0.4 is 4.74 Å². The van der Waals surface area contributed by atoms with Crippen molar-refractivity contribution in [2.24, 2.45) is 5.10 Å². The quantitative estimate of drug-likeness (QED) is 0.506. The monoisotopic (exact) mass is 428 g/mol. The minimum atomic E-state index is -0.307. The first-order chi connectivity index (χ1) is 12.7. The zero-order chi connectivity index (χ0) is 17.7. The van der Waals surface area contributed by atoms with E-state index in [-0.39, 0.29) is 12.3 Å². The van der Waals surface area contributed by atoms with Gasteiger partial charge in [0.05, 0.1) is 12.3 Å². The SMILES string of the molecule is Clc1ccc([C@H]2Oc3ccc(Br)cc3[C@H]3CC(c4ccco4)=NN32)cc1. The molecule has 4 nitrogen and oxygen atoms in total. The van der Waals surface area contributed by atoms with E-state index in [1.54, 1.807) is 6.26 Å². The summed E-state index contributed by atoms with van der Waals surface area (Å²) in [6.45, 7) is 0. The molecular weight excluding hydrogens is 416 g/mol. The molecule has 0 fully saturated rings. The number of fused-ring (bicyclic) bond motifs is 3. The van der Waals surface area contributed by atoms with Crippen LogP contribution in [0.2, 0.25) is 5.02 Å². The van der Waals surface area contributed by atoms with E-state index in [0.29, 0.717) is 5.02 Å². The predicted octanol–water partition coefficient (Wildman–Crippen LogP) is 5.94. The second kappa shape index (κ2) is 6.18. The second-order valence-corrected chi connectivity index (χ2v) is 7.68. The molecule has 3 aromatic rings. The highest BCUT2D eigenvalue weighted by Crippen LogP contribution is 2.48. The van der Waals surface area contributed by atoms with Crippen LogP contribution in [-0.2, 0) is 0 Å². The van der Waals surface area contributed by atoms with Crippen molar-refractivity contribution in [3.8, 4) is 5.75 Å². The Morgan fingerprint density at radius 1 is 1.12 bits per heavy atom. The smallest absolute Gasteiger partial charge is 0.213 e. The summed E-state index contributed by atoms with van der Waals surface area (Å²) in [5, 5.41) is 7.57. The van der Waals surface area contributed by atoms with Crippen LogP contribution in [0.1, 0.15) is 35.6 Å². The van der Waals surface area contributed by atoms with E-state index in [2.05, 4.69) is 22.0 Å². The van der Waals surface area contributed by atoms with Gasteiger partial charge in [-0.05, 0) is 42.5 Å². The summed E-state index contributed by atoms with van der Waals surface area (Å²) >= 11 is 9.62. The highest BCUT2D eigenvalue weighted by molar-refractivity contribution is 9.10. The van der Waals surface area contributed by atoms with E-state index in [1.165, 1.54) is 0 Å². The van der Waals surface area contributed by atoms with E-state index < -0.39 is 0 Å². The van der Waals surface area contributed by atoms with Gasteiger partial charge in [-0.1, -0.05) is 39.7 Å². The standard InChI is InChI=1S/C20H14BrClN2O2/c21-13-5-8-18-15(10-13)17-11-16(19-2-1-9-25-19)23-24(17)20(26-18)12-3-6-14(22)7-4-12/h1-10,17,20H,11H2/t17-,20-/m1/s1. The lowest BCUT2D eigenvalue weighted by Crippen LogP contribution is -2.33. The molecule has 5 rings (SSSR count). The first-order valence-corrected chi connectivity index (χ1v) is 9.47. The molecular formula is C20H14BrClN2O2. The summed E-state index contributed by atoms with van der Waals surface area (Å²) in [5.41, 5.74) is 3.06. The minimum absolute atomic E-state index is 0.0945. The van der Waals surface area contributed by atoms with Gasteiger partial charge in [0.25, 0.3) is 0 Å². The molecule has 0 amide bonds. The molecule has 130 valence electrons. The topological polar surface area (TPSA) is 38.0 Å². The van der Waals surface area contributed by atoms with Gasteiger partial charge in [-0.25, -0.2) is 5.01 Å². The third kappa shape index (κ3) is 2.63. The number of ether oxygens (including phenoxy) is 1. The maximum atomic E-state index is 6.32. The summed E-state index contributed by atoms with van der Waals surface area (Å²) < 4.78 is 12.9. The number of furan rings is 1. The Morgan fingerprint density at radius 3 is 2.73 bits per heavy atom. The summed E-state index contributed by atoms with van der Waals surface area (Å²) in [6, 6.07) is 17.7. The Bertz CT molecular complexity index is 986. The lowest BCUT2D eigenvalue weighted by atomic mass is 9.97. The Balaban J connectivity index is 1.61.